The molecule has 112 valence electrons. The number of aromatic nitrogens is 2. The number of piperidine rings is 1. The smallest absolute Gasteiger partial charge is 0.261 e. The summed E-state index contributed by atoms with van der Waals surface area (Å²) >= 11 is 5.95. The third kappa shape index (κ3) is 2.25. The first kappa shape index (κ1) is 14.3. The zero-order valence-electron chi connectivity index (χ0n) is 11.1. The third-order valence-electron chi connectivity index (χ3n) is 3.62. The molecular weight excluding hydrogens is 306 g/mol. The van der Waals surface area contributed by atoms with Gasteiger partial charge in [-0.25, -0.2) is 8.42 Å². The summed E-state index contributed by atoms with van der Waals surface area (Å²) in [5, 5.41) is 4.02. The summed E-state index contributed by atoms with van der Waals surface area (Å²) in [5.74, 6) is -0.795. The predicted octanol–water partition coefficient (Wildman–Crippen LogP) is 0.601. The molecule has 1 spiro atoms. The van der Waals surface area contributed by atoms with Gasteiger partial charge in [0.15, 0.2) is 10.8 Å². The molecule has 3 heterocycles. The summed E-state index contributed by atoms with van der Waals surface area (Å²) in [6.45, 7) is 1.62. The van der Waals surface area contributed by atoms with Crippen LogP contribution in [0.4, 0.5) is 0 Å². The van der Waals surface area contributed by atoms with Gasteiger partial charge in [0.1, 0.15) is 0 Å². The minimum Gasteiger partial charge on any atom is -0.346 e. The van der Waals surface area contributed by atoms with Crippen molar-refractivity contribution in [2.24, 2.45) is 7.05 Å². The molecule has 0 atom stereocenters. The van der Waals surface area contributed by atoms with Crippen molar-refractivity contribution in [1.29, 1.82) is 0 Å². The minimum absolute atomic E-state index is 0.00853. The summed E-state index contributed by atoms with van der Waals surface area (Å²) in [6.07, 6.45) is 2.73. The third-order valence-corrected chi connectivity index (χ3v) is 5.98. The fourth-order valence-corrected chi connectivity index (χ4v) is 4.82. The first-order valence-electron chi connectivity index (χ1n) is 6.40. The average molecular weight is 322 g/mol. The zero-order chi connectivity index (χ0) is 14.4. The molecule has 2 saturated heterocycles. The van der Waals surface area contributed by atoms with Gasteiger partial charge in [0, 0.05) is 20.0 Å². The van der Waals surface area contributed by atoms with E-state index in [0.29, 0.717) is 32.6 Å². The van der Waals surface area contributed by atoms with Crippen LogP contribution in [0.25, 0.3) is 0 Å². The molecule has 7 nitrogen and oxygen atoms in total. The largest absolute Gasteiger partial charge is 0.346 e. The van der Waals surface area contributed by atoms with E-state index in [9.17, 15) is 8.42 Å². The number of hydrogen-bond acceptors (Lipinski definition) is 5. The van der Waals surface area contributed by atoms with Crippen molar-refractivity contribution in [2.75, 3.05) is 26.3 Å². The topological polar surface area (TPSA) is 73.7 Å². The summed E-state index contributed by atoms with van der Waals surface area (Å²) in [5.41, 5.74) is 0. The van der Waals surface area contributed by atoms with Crippen LogP contribution in [0, 0.1) is 0 Å². The summed E-state index contributed by atoms with van der Waals surface area (Å²) in [7, 11) is -2.15. The van der Waals surface area contributed by atoms with Crippen molar-refractivity contribution in [1.82, 2.24) is 14.1 Å². The SMILES string of the molecule is Cn1ncc(Cl)c1S(=O)(=O)N1CCCC2(C1)OCCO2. The van der Waals surface area contributed by atoms with Gasteiger partial charge >= 0.3 is 0 Å². The van der Waals surface area contributed by atoms with Crippen molar-refractivity contribution >= 4 is 21.6 Å². The van der Waals surface area contributed by atoms with Crippen molar-refractivity contribution in [2.45, 2.75) is 23.7 Å². The van der Waals surface area contributed by atoms with E-state index in [2.05, 4.69) is 5.10 Å². The fraction of sp³-hybridized carbons (Fsp3) is 0.727. The standard InChI is InChI=1S/C11H16ClN3O4S/c1-14-10(9(12)7-13-14)20(16,17)15-4-2-3-11(8-15)18-5-6-19-11/h7H,2-6,8H2,1H3. The Kier molecular flexibility index (Phi) is 3.54. The van der Waals surface area contributed by atoms with Crippen LogP contribution in [-0.2, 0) is 26.5 Å². The fourth-order valence-electron chi connectivity index (χ4n) is 2.70. The molecule has 2 fully saturated rings. The highest BCUT2D eigenvalue weighted by Gasteiger charge is 2.45. The molecule has 2 aliphatic rings. The van der Waals surface area contributed by atoms with Gasteiger partial charge in [0.05, 0.1) is 31.0 Å². The Bertz CT molecular complexity index is 590. The van der Waals surface area contributed by atoms with Crippen molar-refractivity contribution < 1.29 is 17.9 Å². The van der Waals surface area contributed by atoms with Crippen LogP contribution in [-0.4, -0.2) is 54.6 Å². The normalized spacial score (nSPS) is 23.5. The molecule has 3 rings (SSSR count). The second kappa shape index (κ2) is 4.96. The highest BCUT2D eigenvalue weighted by Crippen LogP contribution is 2.34. The van der Waals surface area contributed by atoms with E-state index in [1.807, 2.05) is 0 Å². The molecule has 0 N–H and O–H groups in total. The molecule has 2 aliphatic heterocycles. The summed E-state index contributed by atoms with van der Waals surface area (Å²) < 4.78 is 39.2. The van der Waals surface area contributed by atoms with Gasteiger partial charge in [-0.2, -0.15) is 9.40 Å². The molecule has 9 heteroatoms. The molecule has 0 bridgehead atoms. The van der Waals surface area contributed by atoms with E-state index >= 15 is 0 Å². The number of hydrogen-bond donors (Lipinski definition) is 0. The number of ether oxygens (including phenoxy) is 2. The Hall–Kier alpha value is -0.670. The van der Waals surface area contributed by atoms with E-state index in [1.54, 1.807) is 7.05 Å². The molecule has 0 saturated carbocycles. The van der Waals surface area contributed by atoms with Crippen LogP contribution in [0.15, 0.2) is 11.2 Å². The van der Waals surface area contributed by atoms with Gasteiger partial charge in [0.25, 0.3) is 10.0 Å². The van der Waals surface area contributed by atoms with E-state index in [1.165, 1.54) is 15.2 Å². The maximum absolute atomic E-state index is 12.7. The van der Waals surface area contributed by atoms with Gasteiger partial charge in [-0.1, -0.05) is 11.6 Å². The van der Waals surface area contributed by atoms with E-state index < -0.39 is 15.8 Å². The van der Waals surface area contributed by atoms with Gasteiger partial charge in [-0.05, 0) is 6.42 Å². The van der Waals surface area contributed by atoms with Gasteiger partial charge in [-0.15, -0.1) is 0 Å². The molecule has 1 aromatic heterocycles. The predicted molar refractivity (Wildman–Crippen MR) is 70.8 cm³/mol. The minimum atomic E-state index is -3.70. The second-order valence-corrected chi connectivity index (χ2v) is 7.23. The van der Waals surface area contributed by atoms with Crippen LogP contribution in [0.2, 0.25) is 5.02 Å². The monoisotopic (exact) mass is 321 g/mol. The number of rotatable bonds is 2. The van der Waals surface area contributed by atoms with Crippen LogP contribution in [0.5, 0.6) is 0 Å². The maximum Gasteiger partial charge on any atom is 0.261 e. The van der Waals surface area contributed by atoms with E-state index in [0.717, 1.165) is 0 Å². The quantitative estimate of drug-likeness (QED) is 0.797. The Labute approximate surface area is 122 Å². The lowest BCUT2D eigenvalue weighted by molar-refractivity contribution is -0.179. The van der Waals surface area contributed by atoms with Crippen LogP contribution in [0.3, 0.4) is 0 Å². The van der Waals surface area contributed by atoms with Gasteiger partial charge < -0.3 is 9.47 Å². The van der Waals surface area contributed by atoms with Crippen LogP contribution < -0.4 is 0 Å². The first-order valence-corrected chi connectivity index (χ1v) is 8.22. The number of sulfonamides is 1. The van der Waals surface area contributed by atoms with E-state index in [-0.39, 0.29) is 16.6 Å². The van der Waals surface area contributed by atoms with Crippen molar-refractivity contribution in [3.63, 3.8) is 0 Å². The first-order chi connectivity index (χ1) is 9.45. The lowest BCUT2D eigenvalue weighted by atomic mass is 10.1. The molecule has 20 heavy (non-hydrogen) atoms. The van der Waals surface area contributed by atoms with Gasteiger partial charge in [-0.3, -0.25) is 4.68 Å². The van der Waals surface area contributed by atoms with Crippen LogP contribution >= 0.6 is 11.6 Å². The molecule has 0 amide bonds. The number of halogens is 1. The molecule has 0 aromatic carbocycles. The Morgan fingerprint density at radius 1 is 1.40 bits per heavy atom. The summed E-state index contributed by atoms with van der Waals surface area (Å²) in [4.78, 5) is 0. The molecule has 1 aromatic rings. The molecule has 0 aliphatic carbocycles. The molecule has 0 unspecified atom stereocenters. The second-order valence-electron chi connectivity index (χ2n) is 4.97. The Balaban J connectivity index is 1.92. The highest BCUT2D eigenvalue weighted by atomic mass is 35.5. The van der Waals surface area contributed by atoms with Crippen LogP contribution in [0.1, 0.15) is 12.8 Å². The average Bonchev–Trinajstić information content (AvgIpc) is 2.97. The van der Waals surface area contributed by atoms with Crippen molar-refractivity contribution in [3.05, 3.63) is 11.2 Å². The molecular formula is C11H16ClN3O4S. The van der Waals surface area contributed by atoms with E-state index in [4.69, 9.17) is 21.1 Å². The molecule has 0 radical (unpaired) electrons. The highest BCUT2D eigenvalue weighted by molar-refractivity contribution is 7.89. The lowest BCUT2D eigenvalue weighted by Crippen LogP contribution is -2.51. The maximum atomic E-state index is 12.7. The van der Waals surface area contributed by atoms with Gasteiger partial charge in [0.2, 0.25) is 0 Å². The zero-order valence-corrected chi connectivity index (χ0v) is 12.7. The summed E-state index contributed by atoms with van der Waals surface area (Å²) in [6, 6.07) is 0. The Morgan fingerprint density at radius 3 is 2.70 bits per heavy atom. The van der Waals surface area contributed by atoms with Crippen molar-refractivity contribution in [3.8, 4) is 0 Å². The number of nitrogens with zero attached hydrogens (tertiary/aromatic N) is 3. The Morgan fingerprint density at radius 2 is 2.10 bits per heavy atom. The number of aryl methyl sites for hydroxylation is 1. The lowest BCUT2D eigenvalue weighted by Gasteiger charge is -2.37.